The van der Waals surface area contributed by atoms with Crippen LogP contribution in [0.1, 0.15) is 59.3 Å². The van der Waals surface area contributed by atoms with Gasteiger partial charge in [-0.15, -0.1) is 0 Å². The second kappa shape index (κ2) is 8.85. The van der Waals surface area contributed by atoms with Crippen LogP contribution in [0.2, 0.25) is 0 Å². The Bertz CT molecular complexity index is 946. The standard InChI is InChI=1S/C25H33N3O3/c1-25(2,3)31-24(30)28-15-13-20(17-8-5-4-6-9-17)22(28)23(29)27-19-11-12-21-18(16-19)10-7-14-26-21/h7,10-12,14,16-17,20,22H,4-6,8-9,13,15H2,1-3H3,(H,27,29)/t20-,22-/m0/s1. The van der Waals surface area contributed by atoms with Crippen molar-refractivity contribution in [2.75, 3.05) is 11.9 Å². The maximum absolute atomic E-state index is 13.5. The van der Waals surface area contributed by atoms with Gasteiger partial charge >= 0.3 is 6.09 Å². The zero-order valence-electron chi connectivity index (χ0n) is 18.8. The van der Waals surface area contributed by atoms with Crippen LogP contribution in [-0.4, -0.2) is 40.1 Å². The van der Waals surface area contributed by atoms with Gasteiger partial charge in [0.15, 0.2) is 0 Å². The Labute approximate surface area is 184 Å². The van der Waals surface area contributed by atoms with Gasteiger partial charge in [0, 0.05) is 23.8 Å². The molecular weight excluding hydrogens is 390 g/mol. The van der Waals surface area contributed by atoms with E-state index in [1.165, 1.54) is 19.3 Å². The molecule has 2 atom stereocenters. The van der Waals surface area contributed by atoms with Crippen LogP contribution >= 0.6 is 0 Å². The van der Waals surface area contributed by atoms with Crippen LogP contribution in [0.3, 0.4) is 0 Å². The van der Waals surface area contributed by atoms with E-state index in [-0.39, 0.29) is 11.8 Å². The Morgan fingerprint density at radius 3 is 2.61 bits per heavy atom. The number of ether oxygens (including phenoxy) is 1. The number of carbonyl (C=O) groups is 2. The summed E-state index contributed by atoms with van der Waals surface area (Å²) < 4.78 is 5.64. The van der Waals surface area contributed by atoms with E-state index in [2.05, 4.69) is 10.3 Å². The van der Waals surface area contributed by atoms with Crippen molar-refractivity contribution in [3.63, 3.8) is 0 Å². The monoisotopic (exact) mass is 423 g/mol. The summed E-state index contributed by atoms with van der Waals surface area (Å²) in [5.74, 6) is 0.537. The summed E-state index contributed by atoms with van der Waals surface area (Å²) in [5, 5.41) is 4.05. The minimum atomic E-state index is -0.591. The lowest BCUT2D eigenvalue weighted by molar-refractivity contribution is -0.122. The highest BCUT2D eigenvalue weighted by molar-refractivity contribution is 5.98. The highest BCUT2D eigenvalue weighted by Gasteiger charge is 2.46. The van der Waals surface area contributed by atoms with E-state index in [0.717, 1.165) is 35.9 Å². The third-order valence-corrected chi connectivity index (χ3v) is 6.47. The highest BCUT2D eigenvalue weighted by Crippen LogP contribution is 2.40. The molecule has 0 spiro atoms. The molecule has 6 heteroatoms. The smallest absolute Gasteiger partial charge is 0.410 e. The van der Waals surface area contributed by atoms with E-state index in [0.29, 0.717) is 12.5 Å². The number of anilines is 1. The molecule has 2 aromatic rings. The van der Waals surface area contributed by atoms with Gasteiger partial charge in [-0.1, -0.05) is 38.2 Å². The molecule has 1 aliphatic heterocycles. The average Bonchev–Trinajstić information content (AvgIpc) is 3.19. The van der Waals surface area contributed by atoms with Gasteiger partial charge in [-0.05, 0) is 63.3 Å². The lowest BCUT2D eigenvalue weighted by Gasteiger charge is -2.34. The minimum absolute atomic E-state index is 0.123. The van der Waals surface area contributed by atoms with Crippen LogP contribution < -0.4 is 5.32 Å². The van der Waals surface area contributed by atoms with Gasteiger partial charge < -0.3 is 10.1 Å². The second-order valence-electron chi connectivity index (χ2n) is 9.87. The minimum Gasteiger partial charge on any atom is -0.444 e. The molecule has 1 saturated carbocycles. The summed E-state index contributed by atoms with van der Waals surface area (Å²) in [5.41, 5.74) is 1.02. The van der Waals surface area contributed by atoms with Crippen LogP contribution in [0.4, 0.5) is 10.5 Å². The summed E-state index contributed by atoms with van der Waals surface area (Å²) in [4.78, 5) is 32.4. The lowest BCUT2D eigenvalue weighted by Crippen LogP contribution is -2.49. The van der Waals surface area contributed by atoms with Gasteiger partial charge in [-0.25, -0.2) is 4.79 Å². The largest absolute Gasteiger partial charge is 0.444 e. The molecule has 31 heavy (non-hydrogen) atoms. The number of nitrogens with one attached hydrogen (secondary N) is 1. The summed E-state index contributed by atoms with van der Waals surface area (Å²) in [6.07, 6.45) is 8.17. The van der Waals surface area contributed by atoms with E-state index in [9.17, 15) is 9.59 Å². The molecule has 2 heterocycles. The van der Waals surface area contributed by atoms with Crippen LogP contribution in [-0.2, 0) is 9.53 Å². The van der Waals surface area contributed by atoms with E-state index in [1.807, 2.05) is 51.1 Å². The third kappa shape index (κ3) is 5.00. The van der Waals surface area contributed by atoms with Crippen molar-refractivity contribution < 1.29 is 14.3 Å². The van der Waals surface area contributed by atoms with Crippen molar-refractivity contribution in [2.24, 2.45) is 11.8 Å². The molecule has 0 unspecified atom stereocenters. The Morgan fingerprint density at radius 1 is 1.10 bits per heavy atom. The van der Waals surface area contributed by atoms with Crippen molar-refractivity contribution >= 4 is 28.6 Å². The first-order chi connectivity index (χ1) is 14.8. The van der Waals surface area contributed by atoms with Crippen molar-refractivity contribution in [3.05, 3.63) is 36.5 Å². The van der Waals surface area contributed by atoms with E-state index >= 15 is 0 Å². The van der Waals surface area contributed by atoms with E-state index in [4.69, 9.17) is 4.74 Å². The van der Waals surface area contributed by atoms with Crippen molar-refractivity contribution in [1.82, 2.24) is 9.88 Å². The van der Waals surface area contributed by atoms with Crippen LogP contribution in [0.25, 0.3) is 10.9 Å². The Morgan fingerprint density at radius 2 is 1.87 bits per heavy atom. The molecule has 166 valence electrons. The van der Waals surface area contributed by atoms with Gasteiger partial charge in [-0.3, -0.25) is 14.7 Å². The number of carbonyl (C=O) groups excluding carboxylic acids is 2. The van der Waals surface area contributed by atoms with Crippen molar-refractivity contribution in [1.29, 1.82) is 0 Å². The summed E-state index contributed by atoms with van der Waals surface area (Å²) >= 11 is 0. The van der Waals surface area contributed by atoms with E-state index < -0.39 is 17.7 Å². The predicted molar refractivity (Wildman–Crippen MR) is 122 cm³/mol. The van der Waals surface area contributed by atoms with Crippen LogP contribution in [0, 0.1) is 11.8 Å². The molecule has 1 aliphatic carbocycles. The molecule has 4 rings (SSSR count). The first-order valence-electron chi connectivity index (χ1n) is 11.5. The van der Waals surface area contributed by atoms with Crippen molar-refractivity contribution in [2.45, 2.75) is 70.9 Å². The number of amides is 2. The Kier molecular flexibility index (Phi) is 6.17. The van der Waals surface area contributed by atoms with Gasteiger partial charge in [0.2, 0.25) is 5.91 Å². The lowest BCUT2D eigenvalue weighted by atomic mass is 9.76. The first-order valence-corrected chi connectivity index (χ1v) is 11.5. The predicted octanol–water partition coefficient (Wildman–Crippen LogP) is 5.38. The highest BCUT2D eigenvalue weighted by atomic mass is 16.6. The number of likely N-dealkylation sites (tertiary alicyclic amines) is 1. The fourth-order valence-corrected chi connectivity index (χ4v) is 5.10. The number of benzene rings is 1. The molecule has 2 aliphatic rings. The number of aromatic nitrogens is 1. The Balaban J connectivity index is 1.57. The number of hydrogen-bond acceptors (Lipinski definition) is 4. The molecule has 1 aromatic carbocycles. The quantitative estimate of drug-likeness (QED) is 0.719. The van der Waals surface area contributed by atoms with Crippen LogP contribution in [0.5, 0.6) is 0 Å². The fraction of sp³-hybridized carbons (Fsp3) is 0.560. The third-order valence-electron chi connectivity index (χ3n) is 6.47. The molecule has 6 nitrogen and oxygen atoms in total. The molecule has 1 aromatic heterocycles. The number of nitrogens with zero attached hydrogens (tertiary/aromatic N) is 2. The zero-order valence-corrected chi connectivity index (χ0v) is 18.8. The molecule has 2 fully saturated rings. The molecular formula is C25H33N3O3. The molecule has 1 saturated heterocycles. The van der Waals surface area contributed by atoms with Gasteiger partial charge in [-0.2, -0.15) is 0 Å². The maximum Gasteiger partial charge on any atom is 0.410 e. The average molecular weight is 424 g/mol. The fourth-order valence-electron chi connectivity index (χ4n) is 5.10. The summed E-state index contributed by atoms with van der Waals surface area (Å²) in [6, 6.07) is 9.07. The number of pyridine rings is 1. The number of hydrogen-bond donors (Lipinski definition) is 1. The summed E-state index contributed by atoms with van der Waals surface area (Å²) in [7, 11) is 0. The first kappa shape index (κ1) is 21.6. The topological polar surface area (TPSA) is 71.5 Å². The number of fused-ring (bicyclic) bond motifs is 1. The van der Waals surface area contributed by atoms with Gasteiger partial charge in [0.25, 0.3) is 0 Å². The maximum atomic E-state index is 13.5. The second-order valence-corrected chi connectivity index (χ2v) is 9.87. The van der Waals surface area contributed by atoms with Crippen LogP contribution in [0.15, 0.2) is 36.5 Å². The SMILES string of the molecule is CC(C)(C)OC(=O)N1CC[C@@H](C2CCCCC2)[C@H]1C(=O)Nc1ccc2ncccc2c1. The molecule has 0 radical (unpaired) electrons. The normalized spacial score (nSPS) is 22.5. The molecule has 2 amide bonds. The zero-order chi connectivity index (χ0) is 22.0. The van der Waals surface area contributed by atoms with Gasteiger partial charge in [0.1, 0.15) is 11.6 Å². The molecule has 0 bridgehead atoms. The van der Waals surface area contributed by atoms with Crippen molar-refractivity contribution in [3.8, 4) is 0 Å². The van der Waals surface area contributed by atoms with E-state index in [1.54, 1.807) is 11.1 Å². The number of rotatable bonds is 3. The summed E-state index contributed by atoms with van der Waals surface area (Å²) in [6.45, 7) is 6.14. The molecule has 1 N–H and O–H groups in total. The Hall–Kier alpha value is -2.63. The van der Waals surface area contributed by atoms with Gasteiger partial charge in [0.05, 0.1) is 5.52 Å².